The first-order valence-corrected chi connectivity index (χ1v) is 6.19. The van der Waals surface area contributed by atoms with Crippen LogP contribution in [0.15, 0.2) is 30.3 Å². The molecule has 0 saturated carbocycles. The molecular formula is C14H20N4. The molecule has 0 aliphatic rings. The quantitative estimate of drug-likeness (QED) is 0.869. The molecule has 2 aromatic rings. The highest BCUT2D eigenvalue weighted by Gasteiger charge is 2.15. The smallest absolute Gasteiger partial charge is 0.148 e. The molecule has 1 aromatic heterocycles. The SMILES string of the molecule is CC(C)c1nn(C)c(NCc2ccccc2)c1N. The summed E-state index contributed by atoms with van der Waals surface area (Å²) < 4.78 is 1.81. The molecule has 0 fully saturated rings. The van der Waals surface area contributed by atoms with Crippen molar-refractivity contribution in [3.05, 3.63) is 41.6 Å². The first kappa shape index (κ1) is 12.5. The van der Waals surface area contributed by atoms with Gasteiger partial charge in [-0.15, -0.1) is 0 Å². The summed E-state index contributed by atoms with van der Waals surface area (Å²) in [6, 6.07) is 10.2. The van der Waals surface area contributed by atoms with E-state index in [-0.39, 0.29) is 0 Å². The van der Waals surface area contributed by atoms with Crippen LogP contribution in [0.25, 0.3) is 0 Å². The molecule has 2 rings (SSSR count). The van der Waals surface area contributed by atoms with Gasteiger partial charge in [0, 0.05) is 13.6 Å². The average molecular weight is 244 g/mol. The Morgan fingerprint density at radius 3 is 2.50 bits per heavy atom. The molecule has 96 valence electrons. The van der Waals surface area contributed by atoms with Gasteiger partial charge in [-0.2, -0.15) is 5.10 Å². The van der Waals surface area contributed by atoms with Gasteiger partial charge in [0.05, 0.1) is 11.4 Å². The molecule has 0 amide bonds. The third kappa shape index (κ3) is 2.47. The normalized spacial score (nSPS) is 10.9. The first-order chi connectivity index (χ1) is 8.59. The first-order valence-electron chi connectivity index (χ1n) is 6.19. The number of hydrogen-bond donors (Lipinski definition) is 2. The zero-order valence-corrected chi connectivity index (χ0v) is 11.1. The van der Waals surface area contributed by atoms with Crippen LogP contribution in [0.2, 0.25) is 0 Å². The zero-order valence-electron chi connectivity index (χ0n) is 11.1. The average Bonchev–Trinajstić information content (AvgIpc) is 2.64. The Kier molecular flexibility index (Phi) is 3.55. The number of nitrogens with one attached hydrogen (secondary N) is 1. The second-order valence-electron chi connectivity index (χ2n) is 4.76. The Morgan fingerprint density at radius 1 is 1.28 bits per heavy atom. The van der Waals surface area contributed by atoms with Crippen molar-refractivity contribution >= 4 is 11.5 Å². The van der Waals surface area contributed by atoms with Crippen LogP contribution in [0, 0.1) is 0 Å². The third-order valence-corrected chi connectivity index (χ3v) is 2.96. The molecule has 4 nitrogen and oxygen atoms in total. The molecule has 1 heterocycles. The molecule has 4 heteroatoms. The van der Waals surface area contributed by atoms with Gasteiger partial charge < -0.3 is 11.1 Å². The van der Waals surface area contributed by atoms with Crippen LogP contribution >= 0.6 is 0 Å². The molecule has 18 heavy (non-hydrogen) atoms. The van der Waals surface area contributed by atoms with E-state index in [4.69, 9.17) is 5.73 Å². The molecular weight excluding hydrogens is 224 g/mol. The predicted molar refractivity (Wildman–Crippen MR) is 75.5 cm³/mol. The van der Waals surface area contributed by atoms with Gasteiger partial charge in [0.15, 0.2) is 0 Å². The Morgan fingerprint density at radius 2 is 1.94 bits per heavy atom. The van der Waals surface area contributed by atoms with Crippen LogP contribution in [0.1, 0.15) is 31.0 Å². The van der Waals surface area contributed by atoms with E-state index in [0.717, 1.165) is 23.7 Å². The second-order valence-corrected chi connectivity index (χ2v) is 4.76. The van der Waals surface area contributed by atoms with Gasteiger partial charge in [0.1, 0.15) is 5.82 Å². The Bertz CT molecular complexity index is 514. The van der Waals surface area contributed by atoms with Gasteiger partial charge in [0.2, 0.25) is 0 Å². The summed E-state index contributed by atoms with van der Waals surface area (Å²) in [5, 5.41) is 7.80. The summed E-state index contributed by atoms with van der Waals surface area (Å²) >= 11 is 0. The van der Waals surface area contributed by atoms with Crippen LogP contribution < -0.4 is 11.1 Å². The van der Waals surface area contributed by atoms with Crippen molar-refractivity contribution in [2.75, 3.05) is 11.1 Å². The lowest BCUT2D eigenvalue weighted by Crippen LogP contribution is -2.06. The minimum Gasteiger partial charge on any atom is -0.394 e. The zero-order chi connectivity index (χ0) is 13.1. The molecule has 0 bridgehead atoms. The Balaban J connectivity index is 2.15. The van der Waals surface area contributed by atoms with Crippen LogP contribution in [-0.4, -0.2) is 9.78 Å². The number of anilines is 2. The van der Waals surface area contributed by atoms with Crippen LogP contribution in [0.3, 0.4) is 0 Å². The largest absolute Gasteiger partial charge is 0.394 e. The maximum atomic E-state index is 6.12. The van der Waals surface area contributed by atoms with E-state index in [2.05, 4.69) is 36.4 Å². The summed E-state index contributed by atoms with van der Waals surface area (Å²) in [4.78, 5) is 0. The lowest BCUT2D eigenvalue weighted by molar-refractivity contribution is 0.715. The van der Waals surface area contributed by atoms with Gasteiger partial charge in [-0.25, -0.2) is 0 Å². The number of aryl methyl sites for hydroxylation is 1. The summed E-state index contributed by atoms with van der Waals surface area (Å²) in [7, 11) is 1.91. The van der Waals surface area contributed by atoms with Crippen LogP contribution in [0.5, 0.6) is 0 Å². The molecule has 0 radical (unpaired) electrons. The van der Waals surface area contributed by atoms with E-state index in [9.17, 15) is 0 Å². The van der Waals surface area contributed by atoms with Crippen molar-refractivity contribution in [2.45, 2.75) is 26.3 Å². The molecule has 1 aromatic carbocycles. The number of hydrogen-bond acceptors (Lipinski definition) is 3. The van der Waals surface area contributed by atoms with Gasteiger partial charge in [-0.05, 0) is 11.5 Å². The number of nitrogens with zero attached hydrogens (tertiary/aromatic N) is 2. The Labute approximate surface area is 108 Å². The van der Waals surface area contributed by atoms with E-state index in [1.165, 1.54) is 5.56 Å². The number of aromatic nitrogens is 2. The van der Waals surface area contributed by atoms with Gasteiger partial charge in [-0.1, -0.05) is 44.2 Å². The van der Waals surface area contributed by atoms with Gasteiger partial charge in [0.25, 0.3) is 0 Å². The van der Waals surface area contributed by atoms with Crippen molar-refractivity contribution < 1.29 is 0 Å². The highest BCUT2D eigenvalue weighted by molar-refractivity contribution is 5.65. The van der Waals surface area contributed by atoms with E-state index >= 15 is 0 Å². The molecule has 0 unspecified atom stereocenters. The second kappa shape index (κ2) is 5.12. The molecule has 0 aliphatic heterocycles. The fourth-order valence-corrected chi connectivity index (χ4v) is 1.98. The lowest BCUT2D eigenvalue weighted by Gasteiger charge is -2.08. The standard InChI is InChI=1S/C14H20N4/c1-10(2)13-12(15)14(18(3)17-13)16-9-11-7-5-4-6-8-11/h4-8,10,16H,9,15H2,1-3H3. The molecule has 0 aliphatic carbocycles. The van der Waals surface area contributed by atoms with E-state index in [1.54, 1.807) is 0 Å². The highest BCUT2D eigenvalue weighted by Crippen LogP contribution is 2.27. The summed E-state index contributed by atoms with van der Waals surface area (Å²) in [5.74, 6) is 1.23. The van der Waals surface area contributed by atoms with Crippen molar-refractivity contribution in [3.8, 4) is 0 Å². The summed E-state index contributed by atoms with van der Waals surface area (Å²) in [5.41, 5.74) is 9.05. The van der Waals surface area contributed by atoms with E-state index in [1.807, 2.05) is 29.9 Å². The molecule has 0 saturated heterocycles. The summed E-state index contributed by atoms with van der Waals surface area (Å²) in [6.07, 6.45) is 0. The van der Waals surface area contributed by atoms with Crippen LogP contribution in [-0.2, 0) is 13.6 Å². The maximum Gasteiger partial charge on any atom is 0.148 e. The predicted octanol–water partition coefficient (Wildman–Crippen LogP) is 2.74. The minimum atomic E-state index is 0.337. The van der Waals surface area contributed by atoms with Crippen molar-refractivity contribution in [1.82, 2.24) is 9.78 Å². The van der Waals surface area contributed by atoms with Crippen molar-refractivity contribution in [3.63, 3.8) is 0 Å². The number of rotatable bonds is 4. The topological polar surface area (TPSA) is 55.9 Å². The van der Waals surface area contributed by atoms with E-state index in [0.29, 0.717) is 5.92 Å². The monoisotopic (exact) mass is 244 g/mol. The Hall–Kier alpha value is -1.97. The summed E-state index contributed by atoms with van der Waals surface area (Å²) in [6.45, 7) is 4.95. The fourth-order valence-electron chi connectivity index (χ4n) is 1.98. The van der Waals surface area contributed by atoms with E-state index < -0.39 is 0 Å². The third-order valence-electron chi connectivity index (χ3n) is 2.96. The molecule has 0 atom stereocenters. The highest BCUT2D eigenvalue weighted by atomic mass is 15.3. The number of benzene rings is 1. The van der Waals surface area contributed by atoms with Crippen molar-refractivity contribution in [1.29, 1.82) is 0 Å². The van der Waals surface area contributed by atoms with Gasteiger partial charge in [-0.3, -0.25) is 4.68 Å². The molecule has 3 N–H and O–H groups in total. The van der Waals surface area contributed by atoms with Crippen molar-refractivity contribution in [2.24, 2.45) is 7.05 Å². The number of nitrogen functional groups attached to an aromatic ring is 1. The minimum absolute atomic E-state index is 0.337. The number of nitrogens with two attached hydrogens (primary N) is 1. The maximum absolute atomic E-state index is 6.12. The van der Waals surface area contributed by atoms with Crippen LogP contribution in [0.4, 0.5) is 11.5 Å². The fraction of sp³-hybridized carbons (Fsp3) is 0.357. The molecule has 0 spiro atoms. The lowest BCUT2D eigenvalue weighted by atomic mass is 10.1. The van der Waals surface area contributed by atoms with Gasteiger partial charge >= 0.3 is 0 Å².